The Morgan fingerprint density at radius 3 is 3.00 bits per heavy atom. The highest BCUT2D eigenvalue weighted by Crippen LogP contribution is 2.29. The van der Waals surface area contributed by atoms with Gasteiger partial charge in [-0.3, -0.25) is 4.79 Å². The first-order chi connectivity index (χ1) is 7.66. The molecule has 84 valence electrons. The monoisotopic (exact) mass is 254 g/mol. The van der Waals surface area contributed by atoms with Gasteiger partial charge in [0.1, 0.15) is 5.01 Å². The lowest BCUT2D eigenvalue weighted by atomic mass is 10.2. The molecule has 4 nitrogen and oxygen atoms in total. The Balaban J connectivity index is 2.16. The van der Waals surface area contributed by atoms with Crippen LogP contribution in [-0.4, -0.2) is 16.1 Å². The summed E-state index contributed by atoms with van der Waals surface area (Å²) in [4.78, 5) is 15.9. The van der Waals surface area contributed by atoms with Crippen LogP contribution < -0.4 is 5.73 Å². The third-order valence-electron chi connectivity index (χ3n) is 2.03. The predicted octanol–water partition coefficient (Wildman–Crippen LogP) is 2.35. The highest BCUT2D eigenvalue weighted by atomic mass is 32.1. The summed E-state index contributed by atoms with van der Waals surface area (Å²) in [6.07, 6.45) is -0.0897. The molecule has 1 unspecified atom stereocenters. The first-order valence-electron chi connectivity index (χ1n) is 4.63. The molecule has 0 aliphatic heterocycles. The third kappa shape index (κ3) is 2.46. The molecule has 2 aromatic rings. The van der Waals surface area contributed by atoms with Crippen LogP contribution in [0.25, 0.3) is 9.88 Å². The second-order valence-corrected chi connectivity index (χ2v) is 5.06. The summed E-state index contributed by atoms with van der Waals surface area (Å²) in [5.41, 5.74) is 6.38. The molecular formula is C10H10N2O2S2. The number of rotatable bonds is 4. The van der Waals surface area contributed by atoms with Crippen molar-refractivity contribution in [2.45, 2.75) is 12.5 Å². The van der Waals surface area contributed by atoms with Crippen LogP contribution in [0.5, 0.6) is 0 Å². The fourth-order valence-corrected chi connectivity index (χ4v) is 2.96. The van der Waals surface area contributed by atoms with E-state index in [0.717, 1.165) is 9.88 Å². The molecular weight excluding hydrogens is 244 g/mol. The zero-order chi connectivity index (χ0) is 11.5. The van der Waals surface area contributed by atoms with Crippen molar-refractivity contribution in [1.29, 1.82) is 0 Å². The summed E-state index contributed by atoms with van der Waals surface area (Å²) in [6, 6.07) is 3.41. The topological polar surface area (TPSA) is 76.2 Å². The van der Waals surface area contributed by atoms with Gasteiger partial charge in [0.25, 0.3) is 0 Å². The lowest BCUT2D eigenvalue weighted by Gasteiger charge is -2.03. The predicted molar refractivity (Wildman–Crippen MR) is 64.6 cm³/mol. The van der Waals surface area contributed by atoms with Crippen LogP contribution in [0.4, 0.5) is 0 Å². The number of thiophene rings is 1. The Kier molecular flexibility index (Phi) is 3.33. The second-order valence-electron chi connectivity index (χ2n) is 3.26. The van der Waals surface area contributed by atoms with Crippen molar-refractivity contribution in [2.24, 2.45) is 5.73 Å². The van der Waals surface area contributed by atoms with Crippen LogP contribution in [0, 0.1) is 0 Å². The summed E-state index contributed by atoms with van der Waals surface area (Å²) in [6.45, 7) is 0. The average molecular weight is 254 g/mol. The molecule has 2 rings (SSSR count). The van der Waals surface area contributed by atoms with Gasteiger partial charge in [-0.2, -0.15) is 0 Å². The number of thiazole rings is 1. The fourth-order valence-electron chi connectivity index (χ4n) is 1.26. The van der Waals surface area contributed by atoms with E-state index in [0.29, 0.717) is 5.69 Å². The molecule has 1 atom stereocenters. The number of carbonyl (C=O) groups is 1. The molecule has 0 saturated carbocycles. The van der Waals surface area contributed by atoms with E-state index in [-0.39, 0.29) is 6.42 Å². The minimum absolute atomic E-state index is 0.0897. The van der Waals surface area contributed by atoms with E-state index in [4.69, 9.17) is 10.8 Å². The van der Waals surface area contributed by atoms with E-state index in [1.165, 1.54) is 11.3 Å². The summed E-state index contributed by atoms with van der Waals surface area (Å²) < 4.78 is 0. The SMILES string of the molecule is NC(CC(=O)O)c1csc(-c2cccs2)n1. The smallest absolute Gasteiger partial charge is 0.305 e. The Hall–Kier alpha value is -1.24. The van der Waals surface area contributed by atoms with Crippen molar-refractivity contribution < 1.29 is 9.90 Å². The third-order valence-corrected chi connectivity index (χ3v) is 3.93. The van der Waals surface area contributed by atoms with Crippen LogP contribution in [0.1, 0.15) is 18.2 Å². The standard InChI is InChI=1S/C10H10N2O2S2/c11-6(4-9(13)14)7-5-16-10(12-7)8-2-1-3-15-8/h1-3,5-6H,4,11H2,(H,13,14). The van der Waals surface area contributed by atoms with Gasteiger partial charge in [-0.25, -0.2) is 4.98 Å². The average Bonchev–Trinajstić information content (AvgIpc) is 2.87. The summed E-state index contributed by atoms with van der Waals surface area (Å²) >= 11 is 3.09. The van der Waals surface area contributed by atoms with Crippen molar-refractivity contribution in [3.8, 4) is 9.88 Å². The van der Waals surface area contributed by atoms with Gasteiger partial charge in [-0.15, -0.1) is 22.7 Å². The summed E-state index contributed by atoms with van der Waals surface area (Å²) in [5, 5.41) is 13.3. The molecule has 2 heterocycles. The number of nitrogens with two attached hydrogens (primary N) is 1. The number of aromatic nitrogens is 1. The van der Waals surface area contributed by atoms with Gasteiger partial charge in [-0.1, -0.05) is 6.07 Å². The Morgan fingerprint density at radius 2 is 2.38 bits per heavy atom. The summed E-state index contributed by atoms with van der Waals surface area (Å²) in [7, 11) is 0. The molecule has 0 bridgehead atoms. The fraction of sp³-hybridized carbons (Fsp3) is 0.200. The first-order valence-corrected chi connectivity index (χ1v) is 6.39. The van der Waals surface area contributed by atoms with E-state index in [9.17, 15) is 4.79 Å². The van der Waals surface area contributed by atoms with Gasteiger partial charge in [0, 0.05) is 5.38 Å². The molecule has 0 aliphatic rings. The Bertz CT molecular complexity index is 479. The molecule has 2 aromatic heterocycles. The lowest BCUT2D eigenvalue weighted by Crippen LogP contribution is -2.15. The highest BCUT2D eigenvalue weighted by Gasteiger charge is 2.14. The van der Waals surface area contributed by atoms with Crippen molar-refractivity contribution in [3.05, 3.63) is 28.6 Å². The van der Waals surface area contributed by atoms with E-state index in [2.05, 4.69) is 4.98 Å². The van der Waals surface area contributed by atoms with Gasteiger partial charge in [0.2, 0.25) is 0 Å². The lowest BCUT2D eigenvalue weighted by molar-refractivity contribution is -0.137. The molecule has 0 radical (unpaired) electrons. The largest absolute Gasteiger partial charge is 0.481 e. The van der Waals surface area contributed by atoms with Crippen molar-refractivity contribution in [3.63, 3.8) is 0 Å². The maximum atomic E-state index is 10.5. The summed E-state index contributed by atoms with van der Waals surface area (Å²) in [5.74, 6) is -0.904. The number of nitrogens with zero attached hydrogens (tertiary/aromatic N) is 1. The van der Waals surface area contributed by atoms with Crippen molar-refractivity contribution in [2.75, 3.05) is 0 Å². The van der Waals surface area contributed by atoms with E-state index in [1.54, 1.807) is 11.3 Å². The number of hydrogen-bond donors (Lipinski definition) is 2. The highest BCUT2D eigenvalue weighted by molar-refractivity contribution is 7.20. The molecule has 0 aliphatic carbocycles. The van der Waals surface area contributed by atoms with Crippen LogP contribution in [0.3, 0.4) is 0 Å². The number of hydrogen-bond acceptors (Lipinski definition) is 5. The van der Waals surface area contributed by atoms with Crippen LogP contribution in [0.15, 0.2) is 22.9 Å². The van der Waals surface area contributed by atoms with E-state index >= 15 is 0 Å². The number of aliphatic carboxylic acids is 1. The van der Waals surface area contributed by atoms with Crippen molar-refractivity contribution >= 4 is 28.6 Å². The van der Waals surface area contributed by atoms with Crippen LogP contribution in [-0.2, 0) is 4.79 Å². The quantitative estimate of drug-likeness (QED) is 0.878. The maximum absolute atomic E-state index is 10.5. The van der Waals surface area contributed by atoms with Crippen molar-refractivity contribution in [1.82, 2.24) is 4.98 Å². The Morgan fingerprint density at radius 1 is 1.56 bits per heavy atom. The zero-order valence-corrected chi connectivity index (χ0v) is 9.92. The van der Waals surface area contributed by atoms with Crippen LogP contribution >= 0.6 is 22.7 Å². The number of carboxylic acid groups (broad SMARTS) is 1. The minimum atomic E-state index is -0.904. The molecule has 0 aromatic carbocycles. The molecule has 3 N–H and O–H groups in total. The number of carboxylic acids is 1. The van der Waals surface area contributed by atoms with E-state index in [1.807, 2.05) is 22.9 Å². The first kappa shape index (κ1) is 11.3. The normalized spacial score (nSPS) is 12.6. The second kappa shape index (κ2) is 4.73. The van der Waals surface area contributed by atoms with E-state index < -0.39 is 12.0 Å². The van der Waals surface area contributed by atoms with Gasteiger partial charge < -0.3 is 10.8 Å². The molecule has 6 heteroatoms. The molecule has 0 fully saturated rings. The maximum Gasteiger partial charge on any atom is 0.305 e. The molecule has 0 spiro atoms. The zero-order valence-electron chi connectivity index (χ0n) is 8.29. The molecule has 0 amide bonds. The molecule has 0 saturated heterocycles. The Labute approximate surface area is 100 Å². The minimum Gasteiger partial charge on any atom is -0.481 e. The van der Waals surface area contributed by atoms with Gasteiger partial charge in [0.15, 0.2) is 0 Å². The molecule has 16 heavy (non-hydrogen) atoms. The van der Waals surface area contributed by atoms with Gasteiger partial charge >= 0.3 is 5.97 Å². The van der Waals surface area contributed by atoms with Gasteiger partial charge in [-0.05, 0) is 11.4 Å². The van der Waals surface area contributed by atoms with Crippen LogP contribution in [0.2, 0.25) is 0 Å². The van der Waals surface area contributed by atoms with Gasteiger partial charge in [0.05, 0.1) is 23.0 Å².